The van der Waals surface area contributed by atoms with Crippen LogP contribution in [0.5, 0.6) is 0 Å². The third-order valence-electron chi connectivity index (χ3n) is 3.43. The molecule has 132 valence electrons. The van der Waals surface area contributed by atoms with Crippen LogP contribution in [0.3, 0.4) is 0 Å². The molecule has 0 radical (unpaired) electrons. The number of alkyl halides is 3. The van der Waals surface area contributed by atoms with Gasteiger partial charge in [-0.2, -0.15) is 18.3 Å². The molecule has 0 aliphatic heterocycles. The molecule has 0 aliphatic rings. The van der Waals surface area contributed by atoms with Gasteiger partial charge in [-0.05, 0) is 32.0 Å². The molecule has 3 rings (SSSR count). The molecule has 0 spiro atoms. The smallest absolute Gasteiger partial charge is 0.385 e. The molecule has 0 unspecified atom stereocenters. The van der Waals surface area contributed by atoms with E-state index in [2.05, 4.69) is 20.5 Å². The van der Waals surface area contributed by atoms with Crippen molar-refractivity contribution in [2.75, 3.05) is 5.32 Å². The summed E-state index contributed by atoms with van der Waals surface area (Å²) < 4.78 is 38.6. The second-order valence-corrected chi connectivity index (χ2v) is 6.90. The molecule has 0 saturated carbocycles. The number of nitrogens with one attached hydrogen (secondary N) is 2. The van der Waals surface area contributed by atoms with E-state index in [9.17, 15) is 23.1 Å². The number of fused-ring (bicyclic) bond motifs is 1. The molecular weight excluding hydrogens is 357 g/mol. The quantitative estimate of drug-likeness (QED) is 0.658. The lowest BCUT2D eigenvalue weighted by molar-refractivity contribution is -0.137. The van der Waals surface area contributed by atoms with Gasteiger partial charge in [0.1, 0.15) is 0 Å². The van der Waals surface area contributed by atoms with Crippen LogP contribution in [0.1, 0.15) is 34.8 Å². The lowest BCUT2D eigenvalue weighted by atomic mass is 10.1. The van der Waals surface area contributed by atoms with Crippen LogP contribution < -0.4 is 5.32 Å². The minimum absolute atomic E-state index is 0.0617. The number of amides is 1. The zero-order chi connectivity index (χ0) is 18.4. The van der Waals surface area contributed by atoms with Crippen molar-refractivity contribution in [3.05, 3.63) is 40.5 Å². The van der Waals surface area contributed by atoms with Crippen molar-refractivity contribution in [1.82, 2.24) is 15.2 Å². The first-order chi connectivity index (χ1) is 11.6. The standard InChI is InChI=1S/C15H13F3N4O2S/c1-14(2,24)10-6-19-13(25-10)20-12(23)11-8-5-7(15(16,17)18)3-4-9(8)21-22-11/h3-6,24H,1-2H3,(H,21,22)(H,19,20,23). The molecule has 6 nitrogen and oxygen atoms in total. The molecule has 0 fully saturated rings. The summed E-state index contributed by atoms with van der Waals surface area (Å²) in [4.78, 5) is 16.9. The van der Waals surface area contributed by atoms with Crippen LogP contribution in [0.15, 0.2) is 24.4 Å². The predicted octanol–water partition coefficient (Wildman–Crippen LogP) is 3.52. The Bertz CT molecular complexity index is 940. The minimum atomic E-state index is -4.52. The van der Waals surface area contributed by atoms with Crippen LogP contribution in [0.2, 0.25) is 0 Å². The third-order valence-corrected chi connectivity index (χ3v) is 4.66. The van der Waals surface area contributed by atoms with Gasteiger partial charge in [0, 0.05) is 11.6 Å². The Kier molecular flexibility index (Phi) is 4.04. The molecule has 3 aromatic rings. The van der Waals surface area contributed by atoms with Gasteiger partial charge in [-0.15, -0.1) is 0 Å². The number of halogens is 3. The van der Waals surface area contributed by atoms with Gasteiger partial charge in [0.2, 0.25) is 0 Å². The first-order valence-corrected chi connectivity index (χ1v) is 7.93. The highest BCUT2D eigenvalue weighted by molar-refractivity contribution is 7.15. The van der Waals surface area contributed by atoms with E-state index in [0.717, 1.165) is 23.5 Å². The Balaban J connectivity index is 1.91. The van der Waals surface area contributed by atoms with E-state index < -0.39 is 23.2 Å². The Morgan fingerprint density at radius 1 is 1.32 bits per heavy atom. The van der Waals surface area contributed by atoms with Crippen LogP contribution in [-0.2, 0) is 11.8 Å². The molecular formula is C15H13F3N4O2S. The first-order valence-electron chi connectivity index (χ1n) is 7.11. The summed E-state index contributed by atoms with van der Waals surface area (Å²) in [5.74, 6) is -0.692. The van der Waals surface area contributed by atoms with Crippen molar-refractivity contribution in [3.8, 4) is 0 Å². The number of hydrogen-bond donors (Lipinski definition) is 3. The number of H-pyrrole nitrogens is 1. The molecule has 0 bridgehead atoms. The number of aromatic nitrogens is 3. The fourth-order valence-electron chi connectivity index (χ4n) is 2.13. The number of rotatable bonds is 3. The zero-order valence-corrected chi connectivity index (χ0v) is 13.9. The molecule has 0 atom stereocenters. The van der Waals surface area contributed by atoms with Gasteiger partial charge in [-0.25, -0.2) is 4.98 Å². The van der Waals surface area contributed by atoms with E-state index in [1.807, 2.05) is 0 Å². The predicted molar refractivity (Wildman–Crippen MR) is 86.4 cm³/mol. The van der Waals surface area contributed by atoms with E-state index in [4.69, 9.17) is 0 Å². The molecule has 2 heterocycles. The number of benzene rings is 1. The van der Waals surface area contributed by atoms with Gasteiger partial charge in [-0.3, -0.25) is 15.2 Å². The lowest BCUT2D eigenvalue weighted by Crippen LogP contribution is -2.13. The van der Waals surface area contributed by atoms with Gasteiger partial charge in [-0.1, -0.05) is 11.3 Å². The fourth-order valence-corrected chi connectivity index (χ4v) is 2.95. The largest absolute Gasteiger partial charge is 0.416 e. The van der Waals surface area contributed by atoms with Crippen molar-refractivity contribution < 1.29 is 23.1 Å². The summed E-state index contributed by atoms with van der Waals surface area (Å²) in [5.41, 5.74) is -1.83. The number of nitrogens with zero attached hydrogens (tertiary/aromatic N) is 2. The highest BCUT2D eigenvalue weighted by Crippen LogP contribution is 2.32. The van der Waals surface area contributed by atoms with Crippen LogP contribution in [0, 0.1) is 0 Å². The number of carbonyl (C=O) groups excluding carboxylic acids is 1. The number of aliphatic hydroxyl groups is 1. The maximum absolute atomic E-state index is 12.9. The van der Waals surface area contributed by atoms with E-state index in [-0.39, 0.29) is 16.2 Å². The fraction of sp³-hybridized carbons (Fsp3) is 0.267. The maximum Gasteiger partial charge on any atom is 0.416 e. The monoisotopic (exact) mass is 370 g/mol. The summed E-state index contributed by atoms with van der Waals surface area (Å²) in [6.07, 6.45) is -3.10. The van der Waals surface area contributed by atoms with Gasteiger partial charge < -0.3 is 5.11 Å². The van der Waals surface area contributed by atoms with Crippen LogP contribution in [0.4, 0.5) is 18.3 Å². The summed E-state index contributed by atoms with van der Waals surface area (Å²) in [7, 11) is 0. The van der Waals surface area contributed by atoms with Gasteiger partial charge in [0.15, 0.2) is 10.8 Å². The Morgan fingerprint density at radius 2 is 2.04 bits per heavy atom. The first kappa shape index (κ1) is 17.4. The van der Waals surface area contributed by atoms with Crippen molar-refractivity contribution in [2.45, 2.75) is 25.6 Å². The summed E-state index contributed by atoms with van der Waals surface area (Å²) in [6, 6.07) is 3.01. The van der Waals surface area contributed by atoms with E-state index in [1.54, 1.807) is 13.8 Å². The average molecular weight is 370 g/mol. The highest BCUT2D eigenvalue weighted by Gasteiger charge is 2.31. The Labute approximate surface area is 143 Å². The summed E-state index contributed by atoms with van der Waals surface area (Å²) in [6.45, 7) is 3.15. The van der Waals surface area contributed by atoms with E-state index >= 15 is 0 Å². The normalized spacial score (nSPS) is 12.6. The van der Waals surface area contributed by atoms with Gasteiger partial charge in [0.25, 0.3) is 5.91 Å². The Hall–Kier alpha value is -2.46. The molecule has 0 aliphatic carbocycles. The SMILES string of the molecule is CC(C)(O)c1cnc(NC(=O)c2n[nH]c3ccc(C(F)(F)F)cc23)s1. The van der Waals surface area contributed by atoms with Crippen molar-refractivity contribution in [2.24, 2.45) is 0 Å². The van der Waals surface area contributed by atoms with E-state index in [1.165, 1.54) is 12.3 Å². The summed E-state index contributed by atoms with van der Waals surface area (Å²) >= 11 is 1.07. The molecule has 10 heteroatoms. The number of aromatic amines is 1. The number of hydrogen-bond acceptors (Lipinski definition) is 5. The average Bonchev–Trinajstić information content (AvgIpc) is 3.11. The van der Waals surface area contributed by atoms with E-state index in [0.29, 0.717) is 10.4 Å². The number of carbonyl (C=O) groups is 1. The zero-order valence-electron chi connectivity index (χ0n) is 13.1. The number of anilines is 1. The Morgan fingerprint density at radius 3 is 2.64 bits per heavy atom. The van der Waals surface area contributed by atoms with Gasteiger partial charge in [0.05, 0.1) is 21.6 Å². The van der Waals surface area contributed by atoms with Crippen molar-refractivity contribution >= 4 is 33.3 Å². The molecule has 0 saturated heterocycles. The van der Waals surface area contributed by atoms with Crippen LogP contribution in [-0.4, -0.2) is 26.2 Å². The molecule has 1 aromatic carbocycles. The third kappa shape index (κ3) is 3.49. The molecule has 3 N–H and O–H groups in total. The van der Waals surface area contributed by atoms with Gasteiger partial charge >= 0.3 is 6.18 Å². The number of thiazole rings is 1. The second-order valence-electron chi connectivity index (χ2n) is 5.87. The molecule has 2 aromatic heterocycles. The van der Waals surface area contributed by atoms with Crippen LogP contribution >= 0.6 is 11.3 Å². The maximum atomic E-state index is 12.9. The van der Waals surface area contributed by atoms with Crippen molar-refractivity contribution in [1.29, 1.82) is 0 Å². The molecule has 1 amide bonds. The highest BCUT2D eigenvalue weighted by atomic mass is 32.1. The topological polar surface area (TPSA) is 90.9 Å². The minimum Gasteiger partial charge on any atom is -0.385 e. The lowest BCUT2D eigenvalue weighted by Gasteiger charge is -2.12. The molecule has 25 heavy (non-hydrogen) atoms. The van der Waals surface area contributed by atoms with Crippen molar-refractivity contribution in [3.63, 3.8) is 0 Å². The summed E-state index contributed by atoms with van der Waals surface area (Å²) in [5, 5.41) is 19.0. The second kappa shape index (κ2) is 5.81. The van der Waals surface area contributed by atoms with Crippen LogP contribution in [0.25, 0.3) is 10.9 Å².